The molecule has 2 nitrogen and oxygen atoms in total. The zero-order valence-corrected chi connectivity index (χ0v) is 8.63. The average Bonchev–Trinajstić information content (AvgIpc) is 2.16. The van der Waals surface area contributed by atoms with Crippen LogP contribution in [0.2, 0.25) is 5.02 Å². The highest BCUT2D eigenvalue weighted by molar-refractivity contribution is 7.80. The predicted molar refractivity (Wildman–Crippen MR) is 56.8 cm³/mol. The summed E-state index contributed by atoms with van der Waals surface area (Å²) >= 11 is 9.61. The largest absolute Gasteiger partial charge is 0.491 e. The molecular formula is C9H11ClO2S. The molecule has 0 aliphatic rings. The van der Waals surface area contributed by atoms with Gasteiger partial charge in [-0.15, -0.1) is 0 Å². The lowest BCUT2D eigenvalue weighted by Gasteiger charge is -2.09. The predicted octanol–water partition coefficient (Wildman–Crippen LogP) is 2.01. The maximum Gasteiger partial charge on any atom is 0.119 e. The van der Waals surface area contributed by atoms with E-state index in [4.69, 9.17) is 21.4 Å². The Morgan fingerprint density at radius 3 is 2.54 bits per heavy atom. The second-order valence-electron chi connectivity index (χ2n) is 2.60. The van der Waals surface area contributed by atoms with E-state index in [2.05, 4.69) is 12.6 Å². The fourth-order valence-corrected chi connectivity index (χ4v) is 1.01. The molecule has 0 aliphatic carbocycles. The van der Waals surface area contributed by atoms with E-state index < -0.39 is 6.10 Å². The van der Waals surface area contributed by atoms with Crippen molar-refractivity contribution in [3.63, 3.8) is 0 Å². The van der Waals surface area contributed by atoms with E-state index in [1.165, 1.54) is 0 Å². The molecule has 0 saturated heterocycles. The van der Waals surface area contributed by atoms with Crippen LogP contribution in [0.5, 0.6) is 5.75 Å². The van der Waals surface area contributed by atoms with Crippen LogP contribution in [0.25, 0.3) is 0 Å². The van der Waals surface area contributed by atoms with Gasteiger partial charge in [0.05, 0.1) is 6.10 Å². The van der Waals surface area contributed by atoms with E-state index in [0.29, 0.717) is 16.5 Å². The van der Waals surface area contributed by atoms with Crippen LogP contribution in [0.1, 0.15) is 0 Å². The van der Waals surface area contributed by atoms with Crippen LogP contribution >= 0.6 is 24.2 Å². The Bertz CT molecular complexity index is 250. The summed E-state index contributed by atoms with van der Waals surface area (Å²) in [5.41, 5.74) is 0. The van der Waals surface area contributed by atoms with Crippen molar-refractivity contribution in [2.45, 2.75) is 6.10 Å². The first-order valence-corrected chi connectivity index (χ1v) is 4.90. The van der Waals surface area contributed by atoms with Gasteiger partial charge in [0.25, 0.3) is 0 Å². The third-order valence-electron chi connectivity index (χ3n) is 1.47. The Balaban J connectivity index is 2.41. The maximum atomic E-state index is 9.15. The zero-order valence-electron chi connectivity index (χ0n) is 6.98. The minimum absolute atomic E-state index is 0.255. The molecule has 0 fully saturated rings. The van der Waals surface area contributed by atoms with Gasteiger partial charge in [-0.05, 0) is 24.3 Å². The van der Waals surface area contributed by atoms with Crippen LogP contribution in [-0.4, -0.2) is 23.6 Å². The molecular weight excluding hydrogens is 208 g/mol. The van der Waals surface area contributed by atoms with Gasteiger partial charge in [-0.1, -0.05) is 11.6 Å². The van der Waals surface area contributed by atoms with E-state index in [1.807, 2.05) is 0 Å². The van der Waals surface area contributed by atoms with Gasteiger partial charge in [0.2, 0.25) is 0 Å². The number of aliphatic hydroxyl groups is 1. The Kier molecular flexibility index (Phi) is 4.42. The molecule has 0 amide bonds. The molecule has 1 aromatic rings. The highest BCUT2D eigenvalue weighted by atomic mass is 35.5. The van der Waals surface area contributed by atoms with E-state index in [0.717, 1.165) is 0 Å². The average molecular weight is 219 g/mol. The van der Waals surface area contributed by atoms with Gasteiger partial charge >= 0.3 is 0 Å². The van der Waals surface area contributed by atoms with Gasteiger partial charge in [0, 0.05) is 10.8 Å². The zero-order chi connectivity index (χ0) is 9.68. The number of ether oxygens (including phenoxy) is 1. The van der Waals surface area contributed by atoms with Crippen molar-refractivity contribution in [1.82, 2.24) is 0 Å². The fraction of sp³-hybridized carbons (Fsp3) is 0.333. The molecule has 0 aromatic heterocycles. The van der Waals surface area contributed by atoms with E-state index in [1.54, 1.807) is 24.3 Å². The Morgan fingerprint density at radius 2 is 2.00 bits per heavy atom. The number of rotatable bonds is 4. The highest BCUT2D eigenvalue weighted by Crippen LogP contribution is 2.15. The Hall–Kier alpha value is -0.380. The second-order valence-corrected chi connectivity index (χ2v) is 3.40. The maximum absolute atomic E-state index is 9.15. The van der Waals surface area contributed by atoms with Crippen LogP contribution in [0.4, 0.5) is 0 Å². The first-order chi connectivity index (χ1) is 6.22. The van der Waals surface area contributed by atoms with Crippen LogP contribution < -0.4 is 4.74 Å². The van der Waals surface area contributed by atoms with Crippen molar-refractivity contribution < 1.29 is 9.84 Å². The van der Waals surface area contributed by atoms with E-state index in [9.17, 15) is 0 Å². The first-order valence-electron chi connectivity index (χ1n) is 3.89. The molecule has 1 aromatic carbocycles. The smallest absolute Gasteiger partial charge is 0.119 e. The van der Waals surface area contributed by atoms with Gasteiger partial charge in [-0.3, -0.25) is 0 Å². The van der Waals surface area contributed by atoms with E-state index in [-0.39, 0.29) is 6.61 Å². The molecule has 1 N–H and O–H groups in total. The quantitative estimate of drug-likeness (QED) is 0.758. The van der Waals surface area contributed by atoms with Crippen LogP contribution in [0.15, 0.2) is 24.3 Å². The SMILES string of the molecule is O[C@@H](CS)COc1ccc(Cl)cc1. The summed E-state index contributed by atoms with van der Waals surface area (Å²) in [5, 5.41) is 9.81. The van der Waals surface area contributed by atoms with E-state index >= 15 is 0 Å². The lowest BCUT2D eigenvalue weighted by atomic mass is 10.3. The normalized spacial score (nSPS) is 12.5. The molecule has 4 heteroatoms. The summed E-state index contributed by atoms with van der Waals surface area (Å²) < 4.78 is 5.26. The summed E-state index contributed by atoms with van der Waals surface area (Å²) in [6.45, 7) is 0.255. The minimum Gasteiger partial charge on any atom is -0.491 e. The van der Waals surface area contributed by atoms with Crippen LogP contribution in [0, 0.1) is 0 Å². The number of hydrogen-bond acceptors (Lipinski definition) is 3. The van der Waals surface area contributed by atoms with Gasteiger partial charge < -0.3 is 9.84 Å². The number of aliphatic hydroxyl groups excluding tert-OH is 1. The lowest BCUT2D eigenvalue weighted by molar-refractivity contribution is 0.126. The summed E-state index contributed by atoms with van der Waals surface area (Å²) in [6, 6.07) is 7.00. The summed E-state index contributed by atoms with van der Waals surface area (Å²) in [5.74, 6) is 1.10. The molecule has 0 bridgehead atoms. The molecule has 0 unspecified atom stereocenters. The van der Waals surface area contributed by atoms with Gasteiger partial charge in [0.15, 0.2) is 0 Å². The number of thiol groups is 1. The standard InChI is InChI=1S/C9H11ClO2S/c10-7-1-3-9(4-2-7)12-5-8(11)6-13/h1-4,8,11,13H,5-6H2/t8-/m1/s1. The third-order valence-corrected chi connectivity index (χ3v) is 2.14. The summed E-state index contributed by atoms with van der Waals surface area (Å²) in [6.07, 6.45) is -0.529. The molecule has 72 valence electrons. The number of halogens is 1. The van der Waals surface area contributed by atoms with Crippen molar-refractivity contribution in [2.75, 3.05) is 12.4 Å². The summed E-state index contributed by atoms with van der Waals surface area (Å²) in [7, 11) is 0. The van der Waals surface area contributed by atoms with Crippen LogP contribution in [0.3, 0.4) is 0 Å². The van der Waals surface area contributed by atoms with Crippen molar-refractivity contribution in [1.29, 1.82) is 0 Å². The van der Waals surface area contributed by atoms with Crippen molar-refractivity contribution >= 4 is 24.2 Å². The fourth-order valence-electron chi connectivity index (χ4n) is 0.776. The molecule has 0 spiro atoms. The molecule has 0 radical (unpaired) electrons. The highest BCUT2D eigenvalue weighted by Gasteiger charge is 2.01. The minimum atomic E-state index is -0.529. The molecule has 0 saturated carbocycles. The van der Waals surface area contributed by atoms with Gasteiger partial charge in [-0.2, -0.15) is 12.6 Å². The summed E-state index contributed by atoms with van der Waals surface area (Å²) in [4.78, 5) is 0. The lowest BCUT2D eigenvalue weighted by Crippen LogP contribution is -2.18. The van der Waals surface area contributed by atoms with Crippen molar-refractivity contribution in [3.8, 4) is 5.75 Å². The van der Waals surface area contributed by atoms with Crippen molar-refractivity contribution in [2.24, 2.45) is 0 Å². The second kappa shape index (κ2) is 5.37. The van der Waals surface area contributed by atoms with Gasteiger partial charge in [0.1, 0.15) is 12.4 Å². The Labute approximate surface area is 87.9 Å². The number of hydrogen-bond donors (Lipinski definition) is 2. The van der Waals surface area contributed by atoms with Crippen LogP contribution in [-0.2, 0) is 0 Å². The molecule has 13 heavy (non-hydrogen) atoms. The topological polar surface area (TPSA) is 29.5 Å². The van der Waals surface area contributed by atoms with Crippen molar-refractivity contribution in [3.05, 3.63) is 29.3 Å². The monoisotopic (exact) mass is 218 g/mol. The molecule has 1 atom stereocenters. The Morgan fingerprint density at radius 1 is 1.38 bits per heavy atom. The molecule has 0 aliphatic heterocycles. The van der Waals surface area contributed by atoms with Gasteiger partial charge in [-0.25, -0.2) is 0 Å². The molecule has 0 heterocycles. The third kappa shape index (κ3) is 3.89. The first kappa shape index (κ1) is 10.7. The molecule has 1 rings (SSSR count). The number of benzene rings is 1.